The molecule has 1 unspecified atom stereocenters. The summed E-state index contributed by atoms with van der Waals surface area (Å²) in [5.74, 6) is 0. The van der Waals surface area contributed by atoms with E-state index in [1.807, 2.05) is 6.92 Å². The standard InChI is InChI=1S/C9H21NO2/c1-8(12-4)7-10-9(2,3)5-6-11/h8,10-11H,5-7H2,1-4H3. The van der Waals surface area contributed by atoms with Gasteiger partial charge in [-0.05, 0) is 27.2 Å². The molecule has 0 fully saturated rings. The Kier molecular flexibility index (Phi) is 5.46. The Morgan fingerprint density at radius 1 is 1.50 bits per heavy atom. The van der Waals surface area contributed by atoms with Gasteiger partial charge in [-0.3, -0.25) is 0 Å². The smallest absolute Gasteiger partial charge is 0.0667 e. The van der Waals surface area contributed by atoms with E-state index in [1.165, 1.54) is 0 Å². The highest BCUT2D eigenvalue weighted by molar-refractivity contribution is 4.77. The highest BCUT2D eigenvalue weighted by atomic mass is 16.5. The van der Waals surface area contributed by atoms with Crippen molar-refractivity contribution in [1.82, 2.24) is 5.32 Å². The fraction of sp³-hybridized carbons (Fsp3) is 1.00. The van der Waals surface area contributed by atoms with Gasteiger partial charge < -0.3 is 15.2 Å². The molecule has 0 rings (SSSR count). The van der Waals surface area contributed by atoms with Crippen molar-refractivity contribution in [1.29, 1.82) is 0 Å². The minimum absolute atomic E-state index is 0.00153. The third kappa shape index (κ3) is 5.52. The first-order valence-corrected chi connectivity index (χ1v) is 4.40. The third-order valence-corrected chi connectivity index (χ3v) is 2.01. The topological polar surface area (TPSA) is 41.5 Å². The Morgan fingerprint density at radius 2 is 2.08 bits per heavy atom. The fourth-order valence-corrected chi connectivity index (χ4v) is 0.871. The quantitative estimate of drug-likeness (QED) is 0.626. The summed E-state index contributed by atoms with van der Waals surface area (Å²) in [5.41, 5.74) is 0.00153. The number of methoxy groups -OCH3 is 1. The van der Waals surface area contributed by atoms with Crippen molar-refractivity contribution in [2.75, 3.05) is 20.3 Å². The van der Waals surface area contributed by atoms with Crippen LogP contribution in [0.2, 0.25) is 0 Å². The number of aliphatic hydroxyl groups excluding tert-OH is 1. The predicted octanol–water partition coefficient (Wildman–Crippen LogP) is 0.772. The number of nitrogens with one attached hydrogen (secondary N) is 1. The van der Waals surface area contributed by atoms with Crippen LogP contribution in [0.5, 0.6) is 0 Å². The Morgan fingerprint density at radius 3 is 2.50 bits per heavy atom. The summed E-state index contributed by atoms with van der Waals surface area (Å²) in [6, 6.07) is 0. The maximum Gasteiger partial charge on any atom is 0.0667 e. The van der Waals surface area contributed by atoms with Crippen LogP contribution >= 0.6 is 0 Å². The van der Waals surface area contributed by atoms with Crippen molar-refractivity contribution in [3.63, 3.8) is 0 Å². The largest absolute Gasteiger partial charge is 0.396 e. The summed E-state index contributed by atoms with van der Waals surface area (Å²) in [7, 11) is 1.70. The van der Waals surface area contributed by atoms with Gasteiger partial charge >= 0.3 is 0 Å². The van der Waals surface area contributed by atoms with Crippen molar-refractivity contribution in [2.45, 2.75) is 38.8 Å². The van der Waals surface area contributed by atoms with E-state index in [9.17, 15) is 0 Å². The van der Waals surface area contributed by atoms with Gasteiger partial charge in [0.25, 0.3) is 0 Å². The minimum Gasteiger partial charge on any atom is -0.396 e. The maximum absolute atomic E-state index is 8.75. The molecule has 0 amide bonds. The van der Waals surface area contributed by atoms with E-state index in [2.05, 4.69) is 19.2 Å². The van der Waals surface area contributed by atoms with Crippen LogP contribution in [0.4, 0.5) is 0 Å². The van der Waals surface area contributed by atoms with E-state index in [0.717, 1.165) is 13.0 Å². The van der Waals surface area contributed by atoms with Crippen molar-refractivity contribution in [3.8, 4) is 0 Å². The molecular formula is C9H21NO2. The average Bonchev–Trinajstić information content (AvgIpc) is 2.00. The molecule has 3 nitrogen and oxygen atoms in total. The lowest BCUT2D eigenvalue weighted by molar-refractivity contribution is 0.106. The average molecular weight is 175 g/mol. The summed E-state index contributed by atoms with van der Waals surface area (Å²) in [6.07, 6.45) is 0.992. The van der Waals surface area contributed by atoms with Gasteiger partial charge in [0.05, 0.1) is 6.10 Å². The van der Waals surface area contributed by atoms with Crippen LogP contribution in [-0.2, 0) is 4.74 Å². The summed E-state index contributed by atoms with van der Waals surface area (Å²) in [5, 5.41) is 12.1. The molecule has 0 aromatic heterocycles. The van der Waals surface area contributed by atoms with E-state index in [1.54, 1.807) is 7.11 Å². The molecule has 0 bridgehead atoms. The van der Waals surface area contributed by atoms with Gasteiger partial charge in [0.2, 0.25) is 0 Å². The fourth-order valence-electron chi connectivity index (χ4n) is 0.871. The molecule has 0 spiro atoms. The molecule has 0 aromatic carbocycles. The Hall–Kier alpha value is -0.120. The molecule has 2 N–H and O–H groups in total. The van der Waals surface area contributed by atoms with Crippen LogP contribution in [-0.4, -0.2) is 37.0 Å². The van der Waals surface area contributed by atoms with E-state index in [0.29, 0.717) is 0 Å². The number of hydrogen-bond acceptors (Lipinski definition) is 3. The predicted molar refractivity (Wildman–Crippen MR) is 50.3 cm³/mol. The first-order chi connectivity index (χ1) is 5.52. The minimum atomic E-state index is 0.00153. The lowest BCUT2D eigenvalue weighted by Gasteiger charge is -2.26. The monoisotopic (exact) mass is 175 g/mol. The summed E-state index contributed by atoms with van der Waals surface area (Å²) in [4.78, 5) is 0. The van der Waals surface area contributed by atoms with Gasteiger partial charge in [-0.15, -0.1) is 0 Å². The molecule has 0 aliphatic rings. The van der Waals surface area contributed by atoms with E-state index in [-0.39, 0.29) is 18.2 Å². The molecular weight excluding hydrogens is 154 g/mol. The van der Waals surface area contributed by atoms with Crippen LogP contribution in [0.1, 0.15) is 27.2 Å². The summed E-state index contributed by atoms with van der Waals surface area (Å²) >= 11 is 0. The third-order valence-electron chi connectivity index (χ3n) is 2.01. The van der Waals surface area contributed by atoms with Crippen molar-refractivity contribution >= 4 is 0 Å². The van der Waals surface area contributed by atoms with Gasteiger partial charge in [-0.2, -0.15) is 0 Å². The molecule has 0 heterocycles. The highest BCUT2D eigenvalue weighted by Gasteiger charge is 2.16. The zero-order valence-electron chi connectivity index (χ0n) is 8.55. The van der Waals surface area contributed by atoms with Gasteiger partial charge in [0.15, 0.2) is 0 Å². The van der Waals surface area contributed by atoms with Crippen molar-refractivity contribution in [3.05, 3.63) is 0 Å². The molecule has 3 heteroatoms. The molecule has 0 aliphatic heterocycles. The summed E-state index contributed by atoms with van der Waals surface area (Å²) in [6.45, 7) is 7.21. The Labute approximate surface area is 75.1 Å². The second kappa shape index (κ2) is 5.51. The Balaban J connectivity index is 3.59. The van der Waals surface area contributed by atoms with Gasteiger partial charge in [0.1, 0.15) is 0 Å². The van der Waals surface area contributed by atoms with Crippen molar-refractivity contribution in [2.24, 2.45) is 0 Å². The molecule has 0 saturated carbocycles. The number of ether oxygens (including phenoxy) is 1. The number of rotatable bonds is 6. The second-order valence-electron chi connectivity index (χ2n) is 3.78. The molecule has 0 saturated heterocycles. The molecule has 0 aliphatic carbocycles. The second-order valence-corrected chi connectivity index (χ2v) is 3.78. The van der Waals surface area contributed by atoms with Crippen LogP contribution in [0, 0.1) is 0 Å². The lowest BCUT2D eigenvalue weighted by atomic mass is 10.0. The zero-order valence-corrected chi connectivity index (χ0v) is 8.55. The van der Waals surface area contributed by atoms with E-state index in [4.69, 9.17) is 9.84 Å². The molecule has 74 valence electrons. The van der Waals surface area contributed by atoms with Gasteiger partial charge in [0, 0.05) is 25.8 Å². The van der Waals surface area contributed by atoms with Crippen LogP contribution in [0.3, 0.4) is 0 Å². The number of aliphatic hydroxyl groups is 1. The van der Waals surface area contributed by atoms with Crippen molar-refractivity contribution < 1.29 is 9.84 Å². The number of hydrogen-bond donors (Lipinski definition) is 2. The SMILES string of the molecule is COC(C)CNC(C)(C)CCO. The zero-order chi connectivity index (χ0) is 9.61. The van der Waals surface area contributed by atoms with E-state index >= 15 is 0 Å². The van der Waals surface area contributed by atoms with Crippen LogP contribution in [0.15, 0.2) is 0 Å². The molecule has 0 aromatic rings. The Bertz CT molecular complexity index is 115. The first kappa shape index (κ1) is 11.9. The van der Waals surface area contributed by atoms with Crippen LogP contribution in [0.25, 0.3) is 0 Å². The van der Waals surface area contributed by atoms with Crippen LogP contribution < -0.4 is 5.32 Å². The molecule has 0 radical (unpaired) electrons. The van der Waals surface area contributed by atoms with E-state index < -0.39 is 0 Å². The molecule has 1 atom stereocenters. The van der Waals surface area contributed by atoms with Gasteiger partial charge in [-0.1, -0.05) is 0 Å². The highest BCUT2D eigenvalue weighted by Crippen LogP contribution is 2.06. The first-order valence-electron chi connectivity index (χ1n) is 4.40. The van der Waals surface area contributed by atoms with Gasteiger partial charge in [-0.25, -0.2) is 0 Å². The lowest BCUT2D eigenvalue weighted by Crippen LogP contribution is -2.43. The normalized spacial score (nSPS) is 14.8. The molecule has 12 heavy (non-hydrogen) atoms. The maximum atomic E-state index is 8.75. The summed E-state index contributed by atoms with van der Waals surface area (Å²) < 4.78 is 5.10.